The van der Waals surface area contributed by atoms with Crippen LogP contribution >= 0.6 is 11.3 Å². The number of rotatable bonds is 3. The van der Waals surface area contributed by atoms with E-state index in [2.05, 4.69) is 116 Å². The average Bonchev–Trinajstić information content (AvgIpc) is 3.41. The van der Waals surface area contributed by atoms with Crippen molar-refractivity contribution in [3.63, 3.8) is 0 Å². The smallest absolute Gasteiger partial charge is 0.209 e. The molecule has 0 bridgehead atoms. The maximum absolute atomic E-state index is 2.71. The number of fused-ring (bicyclic) bond motifs is 5. The molecule has 40 heavy (non-hydrogen) atoms. The Morgan fingerprint density at radius 1 is 0.875 bits per heavy atom. The number of hydrogen-bond acceptors (Lipinski definition) is 1. The summed E-state index contributed by atoms with van der Waals surface area (Å²) in [5.41, 5.74) is 13.8. The minimum atomic E-state index is 0.117. The van der Waals surface area contributed by atoms with Crippen molar-refractivity contribution in [2.24, 2.45) is 11.8 Å². The molecule has 2 heteroatoms. The van der Waals surface area contributed by atoms with Crippen molar-refractivity contribution in [2.75, 3.05) is 6.54 Å². The maximum atomic E-state index is 2.71. The number of thiophene rings is 1. The number of benzene rings is 2. The van der Waals surface area contributed by atoms with E-state index in [9.17, 15) is 0 Å². The van der Waals surface area contributed by atoms with Gasteiger partial charge in [-0.3, -0.25) is 0 Å². The molecule has 3 aromatic rings. The molecule has 2 aliphatic heterocycles. The van der Waals surface area contributed by atoms with Crippen LogP contribution in [0.4, 0.5) is 0 Å². The quantitative estimate of drug-likeness (QED) is 0.285. The lowest BCUT2D eigenvalue weighted by Gasteiger charge is -2.26. The van der Waals surface area contributed by atoms with Crippen LogP contribution in [0.25, 0.3) is 26.8 Å². The first-order valence-electron chi connectivity index (χ1n) is 15.5. The van der Waals surface area contributed by atoms with Gasteiger partial charge < -0.3 is 0 Å². The molecule has 0 fully saturated rings. The van der Waals surface area contributed by atoms with Gasteiger partial charge in [-0.15, -0.1) is 11.3 Å². The lowest BCUT2D eigenvalue weighted by molar-refractivity contribution is -0.551. The highest BCUT2D eigenvalue weighted by Gasteiger charge is 2.43. The van der Waals surface area contributed by atoms with Gasteiger partial charge in [-0.25, -0.2) is 4.58 Å². The van der Waals surface area contributed by atoms with Gasteiger partial charge in [0, 0.05) is 27.6 Å². The van der Waals surface area contributed by atoms with Gasteiger partial charge in [-0.05, 0) is 81.7 Å². The van der Waals surface area contributed by atoms with Gasteiger partial charge in [-0.1, -0.05) is 98.2 Å². The van der Waals surface area contributed by atoms with Crippen molar-refractivity contribution < 1.29 is 4.58 Å². The van der Waals surface area contributed by atoms with E-state index in [1.54, 1.807) is 27.2 Å². The summed E-state index contributed by atoms with van der Waals surface area (Å²) in [7, 11) is 0. The van der Waals surface area contributed by atoms with Crippen LogP contribution in [0.1, 0.15) is 104 Å². The molecule has 3 aliphatic rings. The maximum Gasteiger partial charge on any atom is 0.209 e. The van der Waals surface area contributed by atoms with E-state index in [4.69, 9.17) is 0 Å². The van der Waals surface area contributed by atoms with Gasteiger partial charge in [0.15, 0.2) is 12.6 Å². The van der Waals surface area contributed by atoms with Crippen molar-refractivity contribution in [3.8, 4) is 11.1 Å². The summed E-state index contributed by atoms with van der Waals surface area (Å²) in [4.78, 5) is 1.55. The molecular formula is C38H48NS+. The monoisotopic (exact) mass is 550 g/mol. The van der Waals surface area contributed by atoms with E-state index in [0.29, 0.717) is 17.9 Å². The normalized spacial score (nSPS) is 21.2. The fourth-order valence-electron chi connectivity index (χ4n) is 7.10. The number of nitrogens with zero attached hydrogens (tertiary/aromatic N) is 1. The van der Waals surface area contributed by atoms with Crippen LogP contribution in [0, 0.1) is 11.8 Å². The third-order valence-corrected chi connectivity index (χ3v) is 10.7. The van der Waals surface area contributed by atoms with Crippen molar-refractivity contribution in [3.05, 3.63) is 75.2 Å². The molecule has 2 atom stereocenters. The minimum Gasteiger partial charge on any atom is -0.223 e. The van der Waals surface area contributed by atoms with Gasteiger partial charge in [0.25, 0.3) is 0 Å². The van der Waals surface area contributed by atoms with E-state index >= 15 is 0 Å². The molecule has 3 heterocycles. The van der Waals surface area contributed by atoms with E-state index in [1.807, 2.05) is 11.3 Å². The van der Waals surface area contributed by atoms with Gasteiger partial charge in [0.05, 0.1) is 5.57 Å². The van der Waals surface area contributed by atoms with Crippen LogP contribution in [-0.4, -0.2) is 22.9 Å². The van der Waals surface area contributed by atoms with Gasteiger partial charge in [0.2, 0.25) is 5.71 Å². The van der Waals surface area contributed by atoms with Crippen LogP contribution in [0.15, 0.2) is 53.6 Å². The molecule has 1 aromatic heterocycles. The molecule has 2 aromatic carbocycles. The third kappa shape index (κ3) is 4.75. The topological polar surface area (TPSA) is 3.01 Å². The zero-order valence-electron chi connectivity index (χ0n) is 26.5. The van der Waals surface area contributed by atoms with E-state index < -0.39 is 0 Å². The van der Waals surface area contributed by atoms with Crippen LogP contribution in [0.2, 0.25) is 0 Å². The Balaban J connectivity index is 1.47. The van der Waals surface area contributed by atoms with Gasteiger partial charge >= 0.3 is 0 Å². The van der Waals surface area contributed by atoms with Crippen molar-refractivity contribution >= 4 is 32.7 Å². The molecule has 1 nitrogen and oxygen atoms in total. The summed E-state index contributed by atoms with van der Waals surface area (Å²) in [6.07, 6.45) is 6.17. The van der Waals surface area contributed by atoms with Crippen LogP contribution in [-0.2, 0) is 17.3 Å². The lowest BCUT2D eigenvalue weighted by Crippen LogP contribution is -2.31. The third-order valence-electron chi connectivity index (χ3n) is 9.45. The Bertz CT molecular complexity index is 1570. The zero-order valence-corrected chi connectivity index (χ0v) is 27.3. The Kier molecular flexibility index (Phi) is 6.61. The molecule has 0 radical (unpaired) electrons. The summed E-state index contributed by atoms with van der Waals surface area (Å²) in [5.74, 6) is 1.31. The second-order valence-electron chi connectivity index (χ2n) is 15.4. The molecule has 6 rings (SSSR count). The summed E-state index contributed by atoms with van der Waals surface area (Å²) in [6, 6.07) is 15.2. The summed E-state index contributed by atoms with van der Waals surface area (Å²) < 4.78 is 4.15. The van der Waals surface area contributed by atoms with Crippen molar-refractivity contribution in [2.45, 2.75) is 105 Å². The van der Waals surface area contributed by atoms with Crippen LogP contribution < -0.4 is 0 Å². The Morgan fingerprint density at radius 2 is 1.55 bits per heavy atom. The molecule has 210 valence electrons. The highest BCUT2D eigenvalue weighted by atomic mass is 32.1. The van der Waals surface area contributed by atoms with E-state index in [1.165, 1.54) is 57.3 Å². The molecule has 0 amide bonds. The highest BCUT2D eigenvalue weighted by molar-refractivity contribution is 7.20. The van der Waals surface area contributed by atoms with Crippen molar-refractivity contribution in [1.29, 1.82) is 0 Å². The Labute approximate surface area is 246 Å². The van der Waals surface area contributed by atoms with Crippen LogP contribution in [0.3, 0.4) is 0 Å². The number of hydrogen-bond donors (Lipinski definition) is 0. The molecular weight excluding hydrogens is 502 g/mol. The van der Waals surface area contributed by atoms with Crippen molar-refractivity contribution in [1.82, 2.24) is 0 Å². The summed E-state index contributed by atoms with van der Waals surface area (Å²) in [6.45, 7) is 24.7. The standard InChI is InChI=1S/C38H48NS/c1-22(2)13-25-15-24(4)39-21-32-23(3)14-31-30-12-11-26(19-34(30)40-36(31)35(32)33(39)16-25)27-17-28(37(5,6)7)20-29(18-27)38(8,9)10/h11-12,16-20,22-24H,13-15,21H2,1-10H3/q+1/t23?,24-/m0/s1. The Morgan fingerprint density at radius 3 is 2.17 bits per heavy atom. The zero-order chi connectivity index (χ0) is 28.7. The fourth-order valence-corrected chi connectivity index (χ4v) is 8.46. The summed E-state index contributed by atoms with van der Waals surface area (Å²) in [5, 5.41) is 1.47. The molecule has 0 spiro atoms. The first-order valence-corrected chi connectivity index (χ1v) is 16.3. The van der Waals surface area contributed by atoms with Gasteiger partial charge in [0.1, 0.15) is 0 Å². The average molecular weight is 551 g/mol. The number of allylic oxidation sites excluding steroid dienone is 2. The predicted molar refractivity (Wildman–Crippen MR) is 176 cm³/mol. The highest BCUT2D eigenvalue weighted by Crippen LogP contribution is 2.48. The molecule has 1 unspecified atom stereocenters. The molecule has 0 saturated heterocycles. The first kappa shape index (κ1) is 27.7. The molecule has 0 N–H and O–H groups in total. The second-order valence-corrected chi connectivity index (χ2v) is 16.4. The van der Waals surface area contributed by atoms with E-state index in [0.717, 1.165) is 6.54 Å². The SMILES string of the molecule is CC(C)CC1=CC2=[N+](CC3=C2c2sc4cc(-c5cc(C(C)(C)C)cc(C(C)(C)C)c5)ccc4c2CC3C)[C@@H](C)C1. The largest absolute Gasteiger partial charge is 0.223 e. The molecule has 0 saturated carbocycles. The minimum absolute atomic E-state index is 0.117. The summed E-state index contributed by atoms with van der Waals surface area (Å²) >= 11 is 2.04. The molecule has 1 aliphatic carbocycles. The van der Waals surface area contributed by atoms with E-state index in [-0.39, 0.29) is 10.8 Å². The Hall–Kier alpha value is -2.45. The predicted octanol–water partition coefficient (Wildman–Crippen LogP) is 10.3. The second kappa shape index (κ2) is 9.55. The van der Waals surface area contributed by atoms with Crippen LogP contribution in [0.5, 0.6) is 0 Å². The fraction of sp³-hybridized carbons (Fsp3) is 0.500. The first-order chi connectivity index (χ1) is 18.7. The lowest BCUT2D eigenvalue weighted by atomic mass is 9.79. The van der Waals surface area contributed by atoms with Gasteiger partial charge in [-0.2, -0.15) is 0 Å².